The topological polar surface area (TPSA) is 17.8 Å². The highest BCUT2D eigenvalue weighted by molar-refractivity contribution is 7.99. The van der Waals surface area contributed by atoms with E-state index in [2.05, 4.69) is 42.8 Å². The number of imidazole rings is 1. The van der Waals surface area contributed by atoms with Crippen LogP contribution >= 0.6 is 11.8 Å². The van der Waals surface area contributed by atoms with Gasteiger partial charge >= 0.3 is 0 Å². The van der Waals surface area contributed by atoms with E-state index in [1.807, 2.05) is 30.1 Å². The van der Waals surface area contributed by atoms with Crippen molar-refractivity contribution >= 4 is 11.8 Å². The van der Waals surface area contributed by atoms with Crippen LogP contribution < -0.4 is 0 Å². The molecule has 2 rings (SSSR count). The Labute approximate surface area is 113 Å². The summed E-state index contributed by atoms with van der Waals surface area (Å²) in [7, 11) is 2.02. The van der Waals surface area contributed by atoms with Gasteiger partial charge in [-0.05, 0) is 18.9 Å². The third kappa shape index (κ3) is 3.26. The van der Waals surface area contributed by atoms with Crippen molar-refractivity contribution in [3.8, 4) is 0 Å². The Bertz CT molecular complexity index is 531. The predicted molar refractivity (Wildman–Crippen MR) is 77.9 cm³/mol. The van der Waals surface area contributed by atoms with Gasteiger partial charge in [0, 0.05) is 24.7 Å². The first-order chi connectivity index (χ1) is 8.69. The third-order valence-electron chi connectivity index (χ3n) is 2.82. The van der Waals surface area contributed by atoms with Gasteiger partial charge in [-0.15, -0.1) is 6.58 Å². The van der Waals surface area contributed by atoms with E-state index in [-0.39, 0.29) is 0 Å². The molecule has 0 N–H and O–H groups in total. The molecule has 1 aromatic heterocycles. The molecule has 3 heteroatoms. The zero-order valence-corrected chi connectivity index (χ0v) is 11.7. The summed E-state index contributed by atoms with van der Waals surface area (Å²) in [6.45, 7) is 6.06. The fraction of sp³-hybridized carbons (Fsp3) is 0.267. The zero-order valence-electron chi connectivity index (χ0n) is 10.8. The van der Waals surface area contributed by atoms with Gasteiger partial charge in [0.05, 0.1) is 0 Å². The Balaban J connectivity index is 2.06. The van der Waals surface area contributed by atoms with Crippen LogP contribution in [0.2, 0.25) is 0 Å². The molecule has 0 aliphatic heterocycles. The van der Waals surface area contributed by atoms with Crippen molar-refractivity contribution in [1.82, 2.24) is 9.55 Å². The molecule has 1 heterocycles. The quantitative estimate of drug-likeness (QED) is 0.602. The highest BCUT2D eigenvalue weighted by atomic mass is 32.2. The lowest BCUT2D eigenvalue weighted by atomic mass is 10.1. The molecule has 2 nitrogen and oxygen atoms in total. The summed E-state index contributed by atoms with van der Waals surface area (Å²) in [6, 6.07) is 8.63. The molecular weight excluding hydrogens is 240 g/mol. The van der Waals surface area contributed by atoms with Crippen molar-refractivity contribution in [3.05, 3.63) is 60.4 Å². The molecule has 1 atom stereocenters. The minimum atomic E-state index is 0.355. The first-order valence-electron chi connectivity index (χ1n) is 6.01. The van der Waals surface area contributed by atoms with Crippen molar-refractivity contribution in [3.63, 3.8) is 0 Å². The molecule has 0 radical (unpaired) electrons. The second-order valence-corrected chi connectivity index (χ2v) is 5.61. The van der Waals surface area contributed by atoms with E-state index in [1.165, 1.54) is 11.1 Å². The first-order valence-corrected chi connectivity index (χ1v) is 6.89. The maximum Gasteiger partial charge on any atom is 0.168 e. The molecule has 0 saturated heterocycles. The van der Waals surface area contributed by atoms with Gasteiger partial charge in [0.1, 0.15) is 0 Å². The minimum absolute atomic E-state index is 0.355. The Hall–Kier alpha value is -1.48. The lowest BCUT2D eigenvalue weighted by molar-refractivity contribution is 0.786. The maximum absolute atomic E-state index is 4.34. The van der Waals surface area contributed by atoms with Crippen LogP contribution in [0.15, 0.2) is 54.5 Å². The maximum atomic E-state index is 4.34. The van der Waals surface area contributed by atoms with E-state index in [0.29, 0.717) is 5.25 Å². The van der Waals surface area contributed by atoms with Crippen LogP contribution in [0.5, 0.6) is 0 Å². The summed E-state index contributed by atoms with van der Waals surface area (Å²) < 4.78 is 2.04. The number of aromatic nitrogens is 2. The smallest absolute Gasteiger partial charge is 0.168 e. The van der Waals surface area contributed by atoms with Gasteiger partial charge in [-0.1, -0.05) is 47.7 Å². The van der Waals surface area contributed by atoms with E-state index in [0.717, 1.165) is 11.6 Å². The lowest BCUT2D eigenvalue weighted by Gasteiger charge is -2.12. The third-order valence-corrected chi connectivity index (χ3v) is 4.08. The molecule has 2 aromatic rings. The Morgan fingerprint density at radius 3 is 2.94 bits per heavy atom. The van der Waals surface area contributed by atoms with E-state index >= 15 is 0 Å². The number of hydrogen-bond acceptors (Lipinski definition) is 2. The molecule has 0 aliphatic carbocycles. The molecule has 1 aromatic carbocycles. The molecule has 1 unspecified atom stereocenters. The van der Waals surface area contributed by atoms with E-state index in [1.54, 1.807) is 11.8 Å². The van der Waals surface area contributed by atoms with Gasteiger partial charge in [-0.2, -0.15) is 0 Å². The second-order valence-electron chi connectivity index (χ2n) is 4.41. The minimum Gasteiger partial charge on any atom is -0.329 e. The van der Waals surface area contributed by atoms with Crippen LogP contribution in [0.3, 0.4) is 0 Å². The molecule has 0 amide bonds. The monoisotopic (exact) mass is 258 g/mol. The van der Waals surface area contributed by atoms with Gasteiger partial charge in [0.2, 0.25) is 0 Å². The number of thioether (sulfide) groups is 1. The van der Waals surface area contributed by atoms with Crippen molar-refractivity contribution in [2.75, 3.05) is 0 Å². The van der Waals surface area contributed by atoms with Crippen LogP contribution in [-0.4, -0.2) is 14.8 Å². The summed E-state index contributed by atoms with van der Waals surface area (Å²) in [4.78, 5) is 4.34. The van der Waals surface area contributed by atoms with Crippen LogP contribution in [0.25, 0.3) is 0 Å². The molecule has 0 aliphatic rings. The van der Waals surface area contributed by atoms with E-state index in [4.69, 9.17) is 0 Å². The molecule has 0 spiro atoms. The lowest BCUT2D eigenvalue weighted by Crippen LogP contribution is -2.05. The summed E-state index contributed by atoms with van der Waals surface area (Å²) in [5.41, 5.74) is 2.65. The average molecular weight is 258 g/mol. The molecule has 0 bridgehead atoms. The van der Waals surface area contributed by atoms with Gasteiger partial charge in [-0.25, -0.2) is 4.98 Å². The summed E-state index contributed by atoms with van der Waals surface area (Å²) >= 11 is 1.76. The highest BCUT2D eigenvalue weighted by Crippen LogP contribution is 2.24. The number of nitrogens with zero attached hydrogens (tertiary/aromatic N) is 2. The van der Waals surface area contributed by atoms with Crippen molar-refractivity contribution in [1.29, 1.82) is 0 Å². The number of rotatable bonds is 5. The first kappa shape index (κ1) is 13.0. The van der Waals surface area contributed by atoms with E-state index in [9.17, 15) is 0 Å². The fourth-order valence-corrected chi connectivity index (χ4v) is 2.84. The summed E-state index contributed by atoms with van der Waals surface area (Å²) in [5, 5.41) is 1.39. The van der Waals surface area contributed by atoms with Gasteiger partial charge in [0.15, 0.2) is 5.16 Å². The van der Waals surface area contributed by atoms with Crippen molar-refractivity contribution in [2.45, 2.75) is 23.8 Å². The molecule has 0 fully saturated rings. The summed E-state index contributed by atoms with van der Waals surface area (Å²) in [5.74, 6) is 0. The Kier molecular flexibility index (Phi) is 4.26. The number of hydrogen-bond donors (Lipinski definition) is 0. The molecule has 0 saturated carbocycles. The molecular formula is C15H18N2S. The van der Waals surface area contributed by atoms with Gasteiger partial charge in [-0.3, -0.25) is 0 Å². The molecule has 18 heavy (non-hydrogen) atoms. The van der Waals surface area contributed by atoms with Crippen molar-refractivity contribution in [2.24, 2.45) is 7.05 Å². The highest BCUT2D eigenvalue weighted by Gasteiger charge is 2.10. The van der Waals surface area contributed by atoms with Crippen LogP contribution in [0.1, 0.15) is 11.1 Å². The Morgan fingerprint density at radius 2 is 2.33 bits per heavy atom. The van der Waals surface area contributed by atoms with Crippen LogP contribution in [0.4, 0.5) is 0 Å². The SMILES string of the molecule is C=CC(Cc1cccc(C)c1)Sc1nccn1C. The molecule has 94 valence electrons. The van der Waals surface area contributed by atoms with Gasteiger partial charge in [0.25, 0.3) is 0 Å². The van der Waals surface area contributed by atoms with E-state index < -0.39 is 0 Å². The predicted octanol–water partition coefficient (Wildman–Crippen LogP) is 3.62. The second kappa shape index (κ2) is 5.91. The average Bonchev–Trinajstić information content (AvgIpc) is 2.74. The fourth-order valence-electron chi connectivity index (χ4n) is 1.85. The standard InChI is InChI=1S/C15H18N2S/c1-4-14(18-15-16-8-9-17(15)3)11-13-7-5-6-12(2)10-13/h4-10,14H,1,11H2,2-3H3. The normalized spacial score (nSPS) is 12.3. The summed E-state index contributed by atoms with van der Waals surface area (Å²) in [6.07, 6.45) is 6.79. The Morgan fingerprint density at radius 1 is 1.50 bits per heavy atom. The van der Waals surface area contributed by atoms with Crippen LogP contribution in [-0.2, 0) is 13.5 Å². The van der Waals surface area contributed by atoms with Gasteiger partial charge < -0.3 is 4.57 Å². The zero-order chi connectivity index (χ0) is 13.0. The number of benzene rings is 1. The largest absolute Gasteiger partial charge is 0.329 e. The van der Waals surface area contributed by atoms with Crippen molar-refractivity contribution < 1.29 is 0 Å². The van der Waals surface area contributed by atoms with Crippen LogP contribution in [0, 0.1) is 6.92 Å². The number of aryl methyl sites for hydroxylation is 2.